The molecule has 0 aliphatic carbocycles. The van der Waals surface area contributed by atoms with Crippen LogP contribution in [0.15, 0.2) is 16.0 Å². The molecule has 0 radical (unpaired) electrons. The van der Waals surface area contributed by atoms with Crippen molar-refractivity contribution in [2.45, 2.75) is 19.3 Å². The Hall–Kier alpha value is -0.710. The molecule has 2 aromatic heterocycles. The molecule has 3 nitrogen and oxygen atoms in total. The van der Waals surface area contributed by atoms with Gasteiger partial charge in [0.25, 0.3) is 0 Å². The molecule has 0 aromatic carbocycles. The SMILES string of the molecule is Clc1scc(-c2cc(N3CCCCC3)on2)c1Cl. The molecule has 1 fully saturated rings. The maximum atomic E-state index is 6.12. The van der Waals surface area contributed by atoms with Gasteiger partial charge in [-0.1, -0.05) is 28.4 Å². The van der Waals surface area contributed by atoms with E-state index >= 15 is 0 Å². The van der Waals surface area contributed by atoms with Gasteiger partial charge in [-0.2, -0.15) is 0 Å². The summed E-state index contributed by atoms with van der Waals surface area (Å²) in [5.41, 5.74) is 1.60. The van der Waals surface area contributed by atoms with Gasteiger partial charge in [-0.05, 0) is 19.3 Å². The highest BCUT2D eigenvalue weighted by molar-refractivity contribution is 7.15. The predicted molar refractivity (Wildman–Crippen MR) is 75.9 cm³/mol. The monoisotopic (exact) mass is 302 g/mol. The van der Waals surface area contributed by atoms with Gasteiger partial charge in [0, 0.05) is 30.1 Å². The fourth-order valence-electron chi connectivity index (χ4n) is 2.15. The van der Waals surface area contributed by atoms with Gasteiger partial charge in [0.05, 0.1) is 5.02 Å². The summed E-state index contributed by atoms with van der Waals surface area (Å²) in [7, 11) is 0. The summed E-state index contributed by atoms with van der Waals surface area (Å²) in [5, 5.41) is 6.54. The zero-order valence-electron chi connectivity index (χ0n) is 9.66. The zero-order valence-corrected chi connectivity index (χ0v) is 12.0. The predicted octanol–water partition coefficient (Wildman–Crippen LogP) is 4.70. The first-order chi connectivity index (χ1) is 8.75. The molecule has 0 unspecified atom stereocenters. The number of aromatic nitrogens is 1. The highest BCUT2D eigenvalue weighted by Gasteiger charge is 2.18. The third kappa shape index (κ3) is 2.25. The van der Waals surface area contributed by atoms with Crippen molar-refractivity contribution in [2.24, 2.45) is 0 Å². The molecule has 1 aliphatic heterocycles. The van der Waals surface area contributed by atoms with Crippen molar-refractivity contribution in [3.63, 3.8) is 0 Å². The molecule has 0 saturated carbocycles. The van der Waals surface area contributed by atoms with Crippen molar-refractivity contribution in [3.8, 4) is 11.3 Å². The van der Waals surface area contributed by atoms with Gasteiger partial charge < -0.3 is 9.42 Å². The molecule has 0 bridgehead atoms. The smallest absolute Gasteiger partial charge is 0.227 e. The van der Waals surface area contributed by atoms with E-state index in [4.69, 9.17) is 27.7 Å². The van der Waals surface area contributed by atoms with Crippen LogP contribution in [0.3, 0.4) is 0 Å². The summed E-state index contributed by atoms with van der Waals surface area (Å²) in [4.78, 5) is 2.22. The molecule has 3 heterocycles. The van der Waals surface area contributed by atoms with E-state index in [1.54, 1.807) is 0 Å². The summed E-state index contributed by atoms with van der Waals surface area (Å²) < 4.78 is 5.99. The summed E-state index contributed by atoms with van der Waals surface area (Å²) in [6, 6.07) is 1.94. The van der Waals surface area contributed by atoms with Gasteiger partial charge in [-0.3, -0.25) is 0 Å². The Morgan fingerprint density at radius 2 is 2.00 bits per heavy atom. The van der Waals surface area contributed by atoms with Crippen molar-refractivity contribution in [1.29, 1.82) is 0 Å². The van der Waals surface area contributed by atoms with E-state index in [-0.39, 0.29) is 0 Å². The lowest BCUT2D eigenvalue weighted by atomic mass is 10.1. The zero-order chi connectivity index (χ0) is 12.5. The number of piperidine rings is 1. The summed E-state index contributed by atoms with van der Waals surface area (Å²) in [6.45, 7) is 2.07. The molecule has 18 heavy (non-hydrogen) atoms. The maximum Gasteiger partial charge on any atom is 0.227 e. The molecule has 0 amide bonds. The van der Waals surface area contributed by atoms with E-state index in [9.17, 15) is 0 Å². The van der Waals surface area contributed by atoms with Crippen molar-refractivity contribution >= 4 is 40.4 Å². The van der Waals surface area contributed by atoms with E-state index in [0.717, 1.165) is 30.2 Å². The third-order valence-corrected chi connectivity index (χ3v) is 4.95. The minimum absolute atomic E-state index is 0.556. The minimum atomic E-state index is 0.556. The molecule has 2 aromatic rings. The van der Waals surface area contributed by atoms with Crippen LogP contribution in [0.1, 0.15) is 19.3 Å². The van der Waals surface area contributed by atoms with Crippen LogP contribution in [0.5, 0.6) is 0 Å². The van der Waals surface area contributed by atoms with Gasteiger partial charge in [-0.25, -0.2) is 0 Å². The van der Waals surface area contributed by atoms with Crippen LogP contribution in [0, 0.1) is 0 Å². The van der Waals surface area contributed by atoms with Crippen LogP contribution >= 0.6 is 34.5 Å². The van der Waals surface area contributed by atoms with Crippen LogP contribution in [-0.2, 0) is 0 Å². The second-order valence-electron chi connectivity index (χ2n) is 4.34. The van der Waals surface area contributed by atoms with E-state index in [2.05, 4.69) is 10.1 Å². The highest BCUT2D eigenvalue weighted by Crippen LogP contribution is 2.39. The Bertz CT molecular complexity index is 546. The lowest BCUT2D eigenvalue weighted by Gasteiger charge is -2.25. The minimum Gasteiger partial charge on any atom is -0.341 e. The molecule has 0 atom stereocenters. The fraction of sp³-hybridized carbons (Fsp3) is 0.417. The number of anilines is 1. The molecule has 6 heteroatoms. The van der Waals surface area contributed by atoms with Gasteiger partial charge in [-0.15, -0.1) is 11.3 Å². The van der Waals surface area contributed by atoms with Crippen LogP contribution in [0.4, 0.5) is 5.88 Å². The Balaban J connectivity index is 1.87. The molecular weight excluding hydrogens is 291 g/mol. The van der Waals surface area contributed by atoms with E-state index in [0.29, 0.717) is 9.36 Å². The number of hydrogen-bond acceptors (Lipinski definition) is 4. The first-order valence-electron chi connectivity index (χ1n) is 5.90. The van der Waals surface area contributed by atoms with E-state index < -0.39 is 0 Å². The quantitative estimate of drug-likeness (QED) is 0.805. The van der Waals surface area contributed by atoms with Crippen LogP contribution in [-0.4, -0.2) is 18.2 Å². The number of hydrogen-bond donors (Lipinski definition) is 0. The van der Waals surface area contributed by atoms with Gasteiger partial charge >= 0.3 is 0 Å². The second-order valence-corrected chi connectivity index (χ2v) is 6.19. The van der Waals surface area contributed by atoms with E-state index in [1.807, 2.05) is 11.4 Å². The van der Waals surface area contributed by atoms with Crippen LogP contribution in [0.25, 0.3) is 11.3 Å². The van der Waals surface area contributed by atoms with Crippen molar-refractivity contribution in [3.05, 3.63) is 20.8 Å². The topological polar surface area (TPSA) is 29.3 Å². The number of halogens is 2. The fourth-order valence-corrected chi connectivity index (χ4v) is 3.41. The molecule has 1 saturated heterocycles. The lowest BCUT2D eigenvalue weighted by molar-refractivity contribution is 0.407. The van der Waals surface area contributed by atoms with Crippen LogP contribution in [0.2, 0.25) is 9.36 Å². The van der Waals surface area contributed by atoms with Gasteiger partial charge in [0.15, 0.2) is 0 Å². The average Bonchev–Trinajstić information content (AvgIpc) is 3.00. The molecule has 1 aliphatic rings. The molecule has 0 N–H and O–H groups in total. The number of rotatable bonds is 2. The van der Waals surface area contributed by atoms with Gasteiger partial charge in [0.2, 0.25) is 5.88 Å². The highest BCUT2D eigenvalue weighted by atomic mass is 35.5. The molecular formula is C12H12Cl2N2OS. The van der Waals surface area contributed by atoms with Crippen molar-refractivity contribution in [2.75, 3.05) is 18.0 Å². The first kappa shape index (κ1) is 12.3. The third-order valence-electron chi connectivity index (χ3n) is 3.13. The van der Waals surface area contributed by atoms with Crippen molar-refractivity contribution in [1.82, 2.24) is 5.16 Å². The lowest BCUT2D eigenvalue weighted by Crippen LogP contribution is -2.28. The summed E-state index contributed by atoms with van der Waals surface area (Å²) in [6.07, 6.45) is 3.71. The Morgan fingerprint density at radius 1 is 1.22 bits per heavy atom. The first-order valence-corrected chi connectivity index (χ1v) is 7.54. The van der Waals surface area contributed by atoms with Crippen molar-refractivity contribution < 1.29 is 4.52 Å². The Labute approximate surface area is 119 Å². The molecule has 96 valence electrons. The number of thiophene rings is 1. The standard InChI is InChI=1S/C12H12Cl2N2OS/c13-11-8(7-18-12(11)14)9-6-10(17-15-9)16-4-2-1-3-5-16/h6-7H,1-5H2. The summed E-state index contributed by atoms with van der Waals surface area (Å²) >= 11 is 13.5. The molecule has 0 spiro atoms. The largest absolute Gasteiger partial charge is 0.341 e. The maximum absolute atomic E-state index is 6.12. The van der Waals surface area contributed by atoms with Crippen LogP contribution < -0.4 is 4.90 Å². The Morgan fingerprint density at radius 3 is 2.67 bits per heavy atom. The average molecular weight is 303 g/mol. The van der Waals surface area contributed by atoms with E-state index in [1.165, 1.54) is 30.6 Å². The second kappa shape index (κ2) is 5.11. The normalized spacial score (nSPS) is 16.2. The van der Waals surface area contributed by atoms with Gasteiger partial charge in [0.1, 0.15) is 10.0 Å². The Kier molecular flexibility index (Phi) is 3.50. The number of nitrogens with zero attached hydrogens (tertiary/aromatic N) is 2. The summed E-state index contributed by atoms with van der Waals surface area (Å²) in [5.74, 6) is 0.822. The molecule has 3 rings (SSSR count).